The lowest BCUT2D eigenvalue weighted by Gasteiger charge is -2.40. The molecule has 0 amide bonds. The van der Waals surface area contributed by atoms with Gasteiger partial charge in [0.25, 0.3) is 0 Å². The van der Waals surface area contributed by atoms with Crippen LogP contribution in [-0.4, -0.2) is 63.8 Å². The van der Waals surface area contributed by atoms with Crippen molar-refractivity contribution < 1.29 is 14.3 Å². The Balaban J connectivity index is 0.00000300. The molecule has 2 heterocycles. The fourth-order valence-electron chi connectivity index (χ4n) is 4.27. The summed E-state index contributed by atoms with van der Waals surface area (Å²) in [6.07, 6.45) is 3.42. The SMILES string of the molecule is CN=C(NCC1(c2ccccc2Cl)CCOCC1)N1CCC(C(=O)OC)CC1.I. The summed E-state index contributed by atoms with van der Waals surface area (Å²) in [5, 5.41) is 4.38. The molecule has 0 spiro atoms. The summed E-state index contributed by atoms with van der Waals surface area (Å²) in [4.78, 5) is 18.5. The van der Waals surface area contributed by atoms with E-state index in [0.29, 0.717) is 0 Å². The van der Waals surface area contributed by atoms with Gasteiger partial charge in [-0.3, -0.25) is 9.79 Å². The maximum atomic E-state index is 11.8. The number of benzene rings is 1. The molecule has 0 unspecified atom stereocenters. The van der Waals surface area contributed by atoms with Gasteiger partial charge in [-0.25, -0.2) is 0 Å². The maximum Gasteiger partial charge on any atom is 0.308 e. The van der Waals surface area contributed by atoms with Crippen molar-refractivity contribution in [2.45, 2.75) is 31.1 Å². The summed E-state index contributed by atoms with van der Waals surface area (Å²) < 4.78 is 10.5. The zero-order valence-corrected chi connectivity index (χ0v) is 20.2. The fourth-order valence-corrected chi connectivity index (χ4v) is 4.61. The number of nitrogens with one attached hydrogen (secondary N) is 1. The van der Waals surface area contributed by atoms with Gasteiger partial charge in [-0.05, 0) is 37.3 Å². The van der Waals surface area contributed by atoms with Crippen LogP contribution < -0.4 is 5.32 Å². The van der Waals surface area contributed by atoms with Gasteiger partial charge in [0.05, 0.1) is 13.0 Å². The predicted molar refractivity (Wildman–Crippen MR) is 126 cm³/mol. The van der Waals surface area contributed by atoms with E-state index < -0.39 is 0 Å². The van der Waals surface area contributed by atoms with Crippen LogP contribution >= 0.6 is 35.6 Å². The zero-order valence-electron chi connectivity index (χ0n) is 17.2. The first-order valence-corrected chi connectivity index (χ1v) is 10.3. The minimum absolute atomic E-state index is 0. The van der Waals surface area contributed by atoms with Gasteiger partial charge < -0.3 is 19.7 Å². The zero-order chi connectivity index (χ0) is 20.0. The first-order valence-electron chi connectivity index (χ1n) is 9.96. The first kappa shape index (κ1) is 24.2. The third kappa shape index (κ3) is 5.76. The second-order valence-corrected chi connectivity index (χ2v) is 7.96. The Kier molecular flexibility index (Phi) is 9.49. The summed E-state index contributed by atoms with van der Waals surface area (Å²) in [6.45, 7) is 3.80. The highest BCUT2D eigenvalue weighted by Crippen LogP contribution is 2.38. The van der Waals surface area contributed by atoms with Crippen LogP contribution in [-0.2, 0) is 19.7 Å². The molecule has 0 radical (unpaired) electrons. The number of aliphatic imine (C=N–C) groups is 1. The molecule has 1 N–H and O–H groups in total. The number of methoxy groups -OCH3 is 1. The molecule has 0 aromatic heterocycles. The number of carbonyl (C=O) groups is 1. The molecule has 2 aliphatic rings. The van der Waals surface area contributed by atoms with Crippen LogP contribution in [0.5, 0.6) is 0 Å². The fraction of sp³-hybridized carbons (Fsp3) is 0.619. The van der Waals surface area contributed by atoms with E-state index in [2.05, 4.69) is 21.3 Å². The molecule has 29 heavy (non-hydrogen) atoms. The van der Waals surface area contributed by atoms with Crippen LogP contribution in [0.2, 0.25) is 5.02 Å². The number of guanidine groups is 1. The number of hydrogen-bond acceptors (Lipinski definition) is 4. The Morgan fingerprint density at radius 2 is 1.97 bits per heavy atom. The Morgan fingerprint density at radius 1 is 1.31 bits per heavy atom. The van der Waals surface area contributed by atoms with Crippen LogP contribution in [0.15, 0.2) is 29.3 Å². The van der Waals surface area contributed by atoms with Gasteiger partial charge in [0.1, 0.15) is 0 Å². The molecule has 0 aliphatic carbocycles. The summed E-state index contributed by atoms with van der Waals surface area (Å²) in [5.41, 5.74) is 1.10. The average molecular weight is 536 g/mol. The predicted octanol–water partition coefficient (Wildman–Crippen LogP) is 3.47. The van der Waals surface area contributed by atoms with Gasteiger partial charge in [-0.15, -0.1) is 24.0 Å². The number of nitrogens with zero attached hydrogens (tertiary/aromatic N) is 2. The number of esters is 1. The Bertz CT molecular complexity index is 702. The smallest absolute Gasteiger partial charge is 0.308 e. The van der Waals surface area contributed by atoms with Gasteiger partial charge in [0, 0.05) is 50.3 Å². The molecule has 3 rings (SSSR count). The Hall–Kier alpha value is -1.06. The molecule has 0 atom stereocenters. The molecule has 6 nitrogen and oxygen atoms in total. The van der Waals surface area contributed by atoms with E-state index in [0.717, 1.165) is 69.5 Å². The van der Waals surface area contributed by atoms with Crippen LogP contribution in [0.25, 0.3) is 0 Å². The molecule has 8 heteroatoms. The molecule has 1 aromatic carbocycles. The number of hydrogen-bond donors (Lipinski definition) is 1. The third-order valence-corrected chi connectivity index (χ3v) is 6.35. The van der Waals surface area contributed by atoms with E-state index in [9.17, 15) is 4.79 Å². The number of rotatable bonds is 4. The van der Waals surface area contributed by atoms with E-state index in [-0.39, 0.29) is 41.3 Å². The van der Waals surface area contributed by atoms with Crippen molar-refractivity contribution in [2.75, 3.05) is 47.0 Å². The van der Waals surface area contributed by atoms with E-state index in [4.69, 9.17) is 21.1 Å². The van der Waals surface area contributed by atoms with E-state index in [1.165, 1.54) is 12.7 Å². The van der Waals surface area contributed by atoms with E-state index in [1.807, 2.05) is 18.2 Å². The maximum absolute atomic E-state index is 11.8. The van der Waals surface area contributed by atoms with Gasteiger partial charge in [-0.1, -0.05) is 29.8 Å². The van der Waals surface area contributed by atoms with Gasteiger partial charge in [0.2, 0.25) is 0 Å². The highest BCUT2D eigenvalue weighted by Gasteiger charge is 2.37. The molecule has 2 saturated heterocycles. The molecule has 2 fully saturated rings. The number of likely N-dealkylation sites (tertiary alicyclic amines) is 1. The van der Waals surface area contributed by atoms with Gasteiger partial charge in [-0.2, -0.15) is 0 Å². The van der Waals surface area contributed by atoms with Crippen molar-refractivity contribution in [3.63, 3.8) is 0 Å². The Morgan fingerprint density at radius 3 is 2.55 bits per heavy atom. The lowest BCUT2D eigenvalue weighted by molar-refractivity contribution is -0.146. The minimum Gasteiger partial charge on any atom is -0.469 e. The molecule has 0 bridgehead atoms. The van der Waals surface area contributed by atoms with Crippen LogP contribution in [0.4, 0.5) is 0 Å². The van der Waals surface area contributed by atoms with Crippen molar-refractivity contribution in [2.24, 2.45) is 10.9 Å². The minimum atomic E-state index is -0.109. The van der Waals surface area contributed by atoms with Crippen molar-refractivity contribution >= 4 is 47.5 Å². The monoisotopic (exact) mass is 535 g/mol. The van der Waals surface area contributed by atoms with Gasteiger partial charge in [0.15, 0.2) is 5.96 Å². The van der Waals surface area contributed by atoms with Crippen molar-refractivity contribution in [3.8, 4) is 0 Å². The number of piperidine rings is 1. The average Bonchev–Trinajstić information content (AvgIpc) is 2.75. The van der Waals surface area contributed by atoms with Crippen LogP contribution in [0, 0.1) is 5.92 Å². The van der Waals surface area contributed by atoms with Crippen molar-refractivity contribution in [3.05, 3.63) is 34.9 Å². The summed E-state index contributed by atoms with van der Waals surface area (Å²) in [6, 6.07) is 8.10. The molecular formula is C21H31ClIN3O3. The van der Waals surface area contributed by atoms with Gasteiger partial charge >= 0.3 is 5.97 Å². The quantitative estimate of drug-likeness (QED) is 0.277. The normalized spacial score (nSPS) is 20.0. The molecular weight excluding hydrogens is 505 g/mol. The van der Waals surface area contributed by atoms with Crippen molar-refractivity contribution in [1.29, 1.82) is 0 Å². The first-order chi connectivity index (χ1) is 13.6. The van der Waals surface area contributed by atoms with E-state index in [1.54, 1.807) is 7.05 Å². The highest BCUT2D eigenvalue weighted by molar-refractivity contribution is 14.0. The van der Waals surface area contributed by atoms with Crippen molar-refractivity contribution in [1.82, 2.24) is 10.2 Å². The molecule has 0 saturated carbocycles. The molecule has 1 aromatic rings. The topological polar surface area (TPSA) is 63.2 Å². The standard InChI is InChI=1S/C21H30ClN3O3.HI/c1-23-20(25-11-7-16(8-12-25)19(26)27-2)24-15-21(9-13-28-14-10-21)17-5-3-4-6-18(17)22;/h3-6,16H,7-15H2,1-2H3,(H,23,24);1H. The van der Waals surface area contributed by atoms with Crippen LogP contribution in [0.3, 0.4) is 0 Å². The number of carbonyl (C=O) groups excluding carboxylic acids is 1. The second kappa shape index (κ2) is 11.4. The summed E-state index contributed by atoms with van der Waals surface area (Å²) in [5.74, 6) is 0.757. The lowest BCUT2D eigenvalue weighted by Crippen LogP contribution is -2.51. The number of ether oxygens (including phenoxy) is 2. The molecule has 162 valence electrons. The largest absolute Gasteiger partial charge is 0.469 e. The lowest BCUT2D eigenvalue weighted by atomic mass is 9.74. The Labute approximate surface area is 195 Å². The summed E-state index contributed by atoms with van der Waals surface area (Å²) in [7, 11) is 3.26. The second-order valence-electron chi connectivity index (χ2n) is 7.56. The van der Waals surface area contributed by atoms with Crippen LogP contribution in [0.1, 0.15) is 31.2 Å². The van der Waals surface area contributed by atoms with E-state index >= 15 is 0 Å². The molecule has 2 aliphatic heterocycles. The highest BCUT2D eigenvalue weighted by atomic mass is 127. The third-order valence-electron chi connectivity index (χ3n) is 6.02. The summed E-state index contributed by atoms with van der Waals surface area (Å²) >= 11 is 6.55. The number of halogens is 2.